The fraction of sp³-hybridized carbons (Fsp3) is 0.444. The molecule has 2 aromatic carbocycles. The molecule has 36 heavy (non-hydrogen) atoms. The first kappa shape index (κ1) is 27.0. The number of anilines is 1. The van der Waals surface area contributed by atoms with E-state index in [0.717, 1.165) is 72.6 Å². The van der Waals surface area contributed by atoms with Crippen LogP contribution in [0, 0.1) is 5.92 Å². The summed E-state index contributed by atoms with van der Waals surface area (Å²) < 4.78 is 0. The number of hydrazine groups is 1. The number of carboxylic acid groups (broad SMARTS) is 1. The van der Waals surface area contributed by atoms with Crippen LogP contribution >= 0.6 is 0 Å². The van der Waals surface area contributed by atoms with Gasteiger partial charge in [-0.15, -0.1) is 5.10 Å². The van der Waals surface area contributed by atoms with Crippen molar-refractivity contribution in [2.75, 3.05) is 24.5 Å². The molecule has 0 aromatic heterocycles. The lowest BCUT2D eigenvalue weighted by Crippen LogP contribution is -2.35. The Morgan fingerprint density at radius 1 is 1.17 bits per heavy atom. The number of carboxylic acids is 1. The number of rotatable bonds is 11. The van der Waals surface area contributed by atoms with Crippen LogP contribution in [0.2, 0.25) is 0 Å². The van der Waals surface area contributed by atoms with Gasteiger partial charge in [0.05, 0.1) is 0 Å². The van der Waals surface area contributed by atoms with Gasteiger partial charge in [-0.1, -0.05) is 44.5 Å². The van der Waals surface area contributed by atoms with Crippen LogP contribution in [0.5, 0.6) is 0 Å². The number of hydrazone groups is 1. The Morgan fingerprint density at radius 3 is 2.47 bits per heavy atom. The Labute approximate surface area is 213 Å². The number of piperidine rings is 1. The van der Waals surface area contributed by atoms with E-state index in [1.54, 1.807) is 0 Å². The van der Waals surface area contributed by atoms with E-state index in [9.17, 15) is 14.7 Å². The number of carbonyl (C=O) groups excluding carboxylic acids is 1. The quantitative estimate of drug-likeness (QED) is 0.163. The maximum Gasteiger partial charge on any atom is 0.323 e. The molecule has 0 radical (unpaired) electrons. The first-order valence-electron chi connectivity index (χ1n) is 12.6. The molecule has 1 amide bonds. The lowest BCUT2D eigenvalue weighted by Gasteiger charge is -2.32. The van der Waals surface area contributed by atoms with E-state index in [2.05, 4.69) is 34.6 Å². The summed E-state index contributed by atoms with van der Waals surface area (Å²) in [5, 5.41) is 13.2. The van der Waals surface area contributed by atoms with Crippen molar-refractivity contribution in [2.45, 2.75) is 52.5 Å². The van der Waals surface area contributed by atoms with Gasteiger partial charge in [0.1, 0.15) is 6.54 Å². The molecule has 9 nitrogen and oxygen atoms in total. The molecule has 1 fully saturated rings. The standard InChI is InChI=1S/C27H38N6O3/c1-3-4-5-25(34)33(18-26(35)36)17-20-6-8-21(9-7-20)24-16-22(32-14-12-19(2)13-15-32)10-11-23(24)27(28)30-31-29/h6-11,16,19,31H,3-5,12-15,17-18,29H2,1-2H3,(H2,28,30)(H,35,36). The Balaban J connectivity index is 1.88. The molecule has 0 saturated carbocycles. The maximum atomic E-state index is 12.5. The van der Waals surface area contributed by atoms with Crippen LogP contribution in [-0.2, 0) is 16.1 Å². The molecule has 9 heteroatoms. The minimum absolute atomic E-state index is 0.146. The third kappa shape index (κ3) is 7.21. The zero-order valence-electron chi connectivity index (χ0n) is 21.2. The van der Waals surface area contributed by atoms with Gasteiger partial charge in [0.2, 0.25) is 5.91 Å². The number of amidine groups is 1. The molecule has 0 spiro atoms. The van der Waals surface area contributed by atoms with Crippen LogP contribution in [-0.4, -0.2) is 47.4 Å². The summed E-state index contributed by atoms with van der Waals surface area (Å²) in [7, 11) is 0. The zero-order valence-corrected chi connectivity index (χ0v) is 21.2. The topological polar surface area (TPSA) is 137 Å². The average molecular weight is 495 g/mol. The van der Waals surface area contributed by atoms with Crippen molar-refractivity contribution < 1.29 is 14.7 Å². The van der Waals surface area contributed by atoms with E-state index in [-0.39, 0.29) is 24.8 Å². The van der Waals surface area contributed by atoms with Gasteiger partial charge in [-0.2, -0.15) is 0 Å². The van der Waals surface area contributed by atoms with Crippen LogP contribution in [0.15, 0.2) is 47.6 Å². The number of unbranched alkanes of at least 4 members (excludes halogenated alkanes) is 1. The number of hydrogen-bond donors (Lipinski definition) is 4. The number of nitrogens with two attached hydrogens (primary N) is 2. The Bertz CT molecular complexity index is 1060. The molecule has 6 N–H and O–H groups in total. The summed E-state index contributed by atoms with van der Waals surface area (Å²) in [6.45, 7) is 6.25. The largest absolute Gasteiger partial charge is 0.480 e. The maximum absolute atomic E-state index is 12.5. The summed E-state index contributed by atoms with van der Waals surface area (Å²) >= 11 is 0. The van der Waals surface area contributed by atoms with Crippen LogP contribution in [0.3, 0.4) is 0 Å². The zero-order chi connectivity index (χ0) is 26.1. The number of benzene rings is 2. The van der Waals surface area contributed by atoms with E-state index in [0.29, 0.717) is 6.42 Å². The van der Waals surface area contributed by atoms with E-state index in [1.807, 2.05) is 37.3 Å². The summed E-state index contributed by atoms with van der Waals surface area (Å²) in [4.78, 5) is 27.6. The van der Waals surface area contributed by atoms with Crippen molar-refractivity contribution in [3.63, 3.8) is 0 Å². The molecule has 1 saturated heterocycles. The number of nitrogens with zero attached hydrogens (tertiary/aromatic N) is 3. The predicted octanol–water partition coefficient (Wildman–Crippen LogP) is 3.28. The molecule has 1 heterocycles. The van der Waals surface area contributed by atoms with Gasteiger partial charge in [-0.25, -0.2) is 11.4 Å². The lowest BCUT2D eigenvalue weighted by molar-refractivity contribution is -0.144. The third-order valence-electron chi connectivity index (χ3n) is 6.67. The van der Waals surface area contributed by atoms with Crippen LogP contribution < -0.4 is 22.0 Å². The van der Waals surface area contributed by atoms with Gasteiger partial charge in [0, 0.05) is 37.3 Å². The highest BCUT2D eigenvalue weighted by Gasteiger charge is 2.19. The fourth-order valence-corrected chi connectivity index (χ4v) is 4.48. The number of carbonyl (C=O) groups is 2. The van der Waals surface area contributed by atoms with Gasteiger partial charge < -0.3 is 20.6 Å². The van der Waals surface area contributed by atoms with Crippen molar-refractivity contribution in [3.8, 4) is 11.1 Å². The summed E-state index contributed by atoms with van der Waals surface area (Å²) in [6, 6.07) is 13.9. The monoisotopic (exact) mass is 494 g/mol. The lowest BCUT2D eigenvalue weighted by atomic mass is 9.95. The molecule has 0 atom stereocenters. The molecule has 3 rings (SSSR count). The highest BCUT2D eigenvalue weighted by Crippen LogP contribution is 2.31. The highest BCUT2D eigenvalue weighted by atomic mass is 16.4. The number of nitrogens with one attached hydrogen (secondary N) is 1. The van der Waals surface area contributed by atoms with E-state index >= 15 is 0 Å². The molecule has 0 unspecified atom stereocenters. The van der Waals surface area contributed by atoms with Crippen LogP contribution in [0.4, 0.5) is 5.69 Å². The van der Waals surface area contributed by atoms with E-state index in [1.165, 1.54) is 4.90 Å². The van der Waals surface area contributed by atoms with Crippen molar-refractivity contribution in [2.24, 2.45) is 22.6 Å². The normalized spacial score (nSPS) is 14.5. The van der Waals surface area contributed by atoms with Gasteiger partial charge in [0.25, 0.3) is 0 Å². The molecule has 0 aliphatic carbocycles. The number of aliphatic carboxylic acids is 1. The van der Waals surface area contributed by atoms with Crippen molar-refractivity contribution in [3.05, 3.63) is 53.6 Å². The molecule has 0 bridgehead atoms. The molecular weight excluding hydrogens is 456 g/mol. The summed E-state index contributed by atoms with van der Waals surface area (Å²) in [5.74, 6) is 5.22. The number of amides is 1. The first-order valence-corrected chi connectivity index (χ1v) is 12.6. The Kier molecular flexibility index (Phi) is 9.69. The van der Waals surface area contributed by atoms with E-state index in [4.69, 9.17) is 11.6 Å². The molecular formula is C27H38N6O3. The smallest absolute Gasteiger partial charge is 0.323 e. The second-order valence-corrected chi connectivity index (χ2v) is 9.47. The Morgan fingerprint density at radius 2 is 1.86 bits per heavy atom. The second kappa shape index (κ2) is 12.9. The second-order valence-electron chi connectivity index (χ2n) is 9.47. The van der Waals surface area contributed by atoms with Gasteiger partial charge >= 0.3 is 5.97 Å². The summed E-state index contributed by atoms with van der Waals surface area (Å²) in [5.41, 5.74) is 13.1. The van der Waals surface area contributed by atoms with Crippen molar-refractivity contribution in [1.82, 2.24) is 10.4 Å². The molecule has 194 valence electrons. The minimum Gasteiger partial charge on any atom is -0.480 e. The minimum atomic E-state index is -1.02. The third-order valence-corrected chi connectivity index (χ3v) is 6.67. The molecule has 2 aromatic rings. The molecule has 1 aliphatic heterocycles. The van der Waals surface area contributed by atoms with E-state index < -0.39 is 5.97 Å². The van der Waals surface area contributed by atoms with Crippen LogP contribution in [0.25, 0.3) is 11.1 Å². The highest BCUT2D eigenvalue weighted by molar-refractivity contribution is 6.04. The van der Waals surface area contributed by atoms with Crippen molar-refractivity contribution in [1.29, 1.82) is 0 Å². The SMILES string of the molecule is CCCCC(=O)N(CC(=O)O)Cc1ccc(-c2cc(N3CCC(C)CC3)ccc2/C(N)=N/NN)cc1. The van der Waals surface area contributed by atoms with Crippen molar-refractivity contribution >= 4 is 23.4 Å². The first-order chi connectivity index (χ1) is 17.3. The van der Waals surface area contributed by atoms with Gasteiger partial charge in [0.15, 0.2) is 5.84 Å². The predicted molar refractivity (Wildman–Crippen MR) is 143 cm³/mol. The van der Waals surface area contributed by atoms with Gasteiger partial charge in [-0.3, -0.25) is 9.59 Å². The number of hydrogen-bond acceptors (Lipinski definition) is 6. The Hall–Kier alpha value is -3.59. The summed E-state index contributed by atoms with van der Waals surface area (Å²) in [6.07, 6.45) is 4.29. The van der Waals surface area contributed by atoms with Crippen LogP contribution in [0.1, 0.15) is 57.1 Å². The average Bonchev–Trinajstić information content (AvgIpc) is 2.87. The fourth-order valence-electron chi connectivity index (χ4n) is 4.48. The van der Waals surface area contributed by atoms with Gasteiger partial charge in [-0.05, 0) is 60.1 Å². The molecule has 1 aliphatic rings.